The summed E-state index contributed by atoms with van der Waals surface area (Å²) in [7, 11) is 0. The average molecular weight is 347 g/mol. The summed E-state index contributed by atoms with van der Waals surface area (Å²) in [5.41, 5.74) is 0.982. The number of carbonyl (C=O) groups excluding carboxylic acids is 2. The van der Waals surface area contributed by atoms with Crippen LogP contribution in [0.4, 0.5) is 4.79 Å². The van der Waals surface area contributed by atoms with Crippen molar-refractivity contribution < 1.29 is 19.1 Å². The van der Waals surface area contributed by atoms with Crippen LogP contribution in [0.5, 0.6) is 0 Å². The van der Waals surface area contributed by atoms with Gasteiger partial charge in [0.2, 0.25) is 5.91 Å². The molecular weight excluding hydrogens is 322 g/mol. The van der Waals surface area contributed by atoms with E-state index in [2.05, 4.69) is 15.5 Å². The van der Waals surface area contributed by atoms with Crippen molar-refractivity contribution in [2.75, 3.05) is 26.3 Å². The lowest BCUT2D eigenvalue weighted by atomic mass is 10.0. The van der Waals surface area contributed by atoms with E-state index in [0.29, 0.717) is 32.8 Å². The van der Waals surface area contributed by atoms with Crippen molar-refractivity contribution in [3.63, 3.8) is 0 Å². The molecule has 2 aliphatic rings. The van der Waals surface area contributed by atoms with E-state index in [1.807, 2.05) is 37.3 Å². The Labute approximate surface area is 147 Å². The Morgan fingerprint density at radius 2 is 1.80 bits per heavy atom. The molecule has 1 spiro atoms. The third-order valence-corrected chi connectivity index (χ3v) is 4.83. The third kappa shape index (κ3) is 4.56. The van der Waals surface area contributed by atoms with Crippen LogP contribution >= 0.6 is 0 Å². The minimum atomic E-state index is -0.475. The van der Waals surface area contributed by atoms with E-state index in [0.717, 1.165) is 18.4 Å². The van der Waals surface area contributed by atoms with Gasteiger partial charge in [-0.3, -0.25) is 15.0 Å². The number of benzene rings is 1. The number of likely N-dealkylation sites (tertiary alicyclic amines) is 1. The Balaban J connectivity index is 1.42. The first-order chi connectivity index (χ1) is 12.1. The van der Waals surface area contributed by atoms with Crippen LogP contribution in [-0.4, -0.2) is 55.0 Å². The zero-order valence-corrected chi connectivity index (χ0v) is 14.5. The molecule has 1 atom stereocenters. The summed E-state index contributed by atoms with van der Waals surface area (Å²) in [5, 5.41) is 5.11. The summed E-state index contributed by atoms with van der Waals surface area (Å²) < 4.78 is 11.4. The molecule has 25 heavy (non-hydrogen) atoms. The number of carbonyl (C=O) groups is 2. The number of hydrogen-bond acceptors (Lipinski definition) is 5. The van der Waals surface area contributed by atoms with Gasteiger partial charge >= 0.3 is 6.03 Å². The first kappa shape index (κ1) is 17.8. The molecule has 136 valence electrons. The van der Waals surface area contributed by atoms with Crippen molar-refractivity contribution in [3.8, 4) is 0 Å². The molecule has 3 rings (SSSR count). The van der Waals surface area contributed by atoms with Crippen molar-refractivity contribution in [1.29, 1.82) is 0 Å². The third-order valence-electron chi connectivity index (χ3n) is 4.83. The molecule has 1 unspecified atom stereocenters. The van der Waals surface area contributed by atoms with Gasteiger partial charge in [-0.05, 0) is 12.5 Å². The highest BCUT2D eigenvalue weighted by molar-refractivity contribution is 5.96. The molecule has 3 amide bonds. The number of piperidine rings is 1. The van der Waals surface area contributed by atoms with Crippen LogP contribution in [0.1, 0.15) is 25.3 Å². The van der Waals surface area contributed by atoms with E-state index in [-0.39, 0.29) is 11.9 Å². The second kappa shape index (κ2) is 7.95. The molecule has 7 nitrogen and oxygen atoms in total. The maximum Gasteiger partial charge on any atom is 0.321 e. The van der Waals surface area contributed by atoms with Gasteiger partial charge in [0, 0.05) is 32.5 Å². The lowest BCUT2D eigenvalue weighted by Crippen LogP contribution is -2.54. The molecule has 0 saturated carbocycles. The number of amides is 3. The Hall–Kier alpha value is -1.96. The van der Waals surface area contributed by atoms with Gasteiger partial charge < -0.3 is 14.8 Å². The molecular formula is C18H25N3O4. The smallest absolute Gasteiger partial charge is 0.321 e. The maximum atomic E-state index is 12.3. The van der Waals surface area contributed by atoms with Gasteiger partial charge in [-0.1, -0.05) is 30.3 Å². The van der Waals surface area contributed by atoms with E-state index >= 15 is 0 Å². The summed E-state index contributed by atoms with van der Waals surface area (Å²) in [4.78, 5) is 26.3. The van der Waals surface area contributed by atoms with E-state index in [4.69, 9.17) is 9.47 Å². The lowest BCUT2D eigenvalue weighted by Gasteiger charge is -2.39. The highest BCUT2D eigenvalue weighted by Gasteiger charge is 2.41. The van der Waals surface area contributed by atoms with Crippen molar-refractivity contribution in [2.45, 2.75) is 38.1 Å². The summed E-state index contributed by atoms with van der Waals surface area (Å²) >= 11 is 0. The molecule has 2 heterocycles. The van der Waals surface area contributed by atoms with Crippen LogP contribution in [0.3, 0.4) is 0 Å². The molecule has 2 fully saturated rings. The van der Waals surface area contributed by atoms with E-state index in [1.54, 1.807) is 0 Å². The molecule has 0 aliphatic carbocycles. The average Bonchev–Trinajstić information content (AvgIpc) is 3.09. The van der Waals surface area contributed by atoms with Gasteiger partial charge in [-0.2, -0.15) is 0 Å². The molecule has 2 saturated heterocycles. The van der Waals surface area contributed by atoms with Gasteiger partial charge in [0.15, 0.2) is 5.79 Å². The van der Waals surface area contributed by atoms with Crippen molar-refractivity contribution in [1.82, 2.24) is 15.5 Å². The number of nitrogens with one attached hydrogen (secondary N) is 2. The van der Waals surface area contributed by atoms with Crippen LogP contribution in [0.15, 0.2) is 30.3 Å². The number of urea groups is 1. The fourth-order valence-corrected chi connectivity index (χ4v) is 3.24. The van der Waals surface area contributed by atoms with Crippen LogP contribution in [0.25, 0.3) is 0 Å². The van der Waals surface area contributed by atoms with Crippen LogP contribution in [0, 0.1) is 0 Å². The van der Waals surface area contributed by atoms with Crippen LogP contribution in [0.2, 0.25) is 0 Å². The molecule has 2 N–H and O–H groups in total. The minimum Gasteiger partial charge on any atom is -0.347 e. The number of hydrogen-bond donors (Lipinski definition) is 2. The van der Waals surface area contributed by atoms with Gasteiger partial charge in [-0.15, -0.1) is 0 Å². The Kier molecular flexibility index (Phi) is 5.67. The topological polar surface area (TPSA) is 79.9 Å². The quantitative estimate of drug-likeness (QED) is 0.857. The fourth-order valence-electron chi connectivity index (χ4n) is 3.24. The number of rotatable bonds is 4. The second-order valence-corrected chi connectivity index (χ2v) is 6.48. The van der Waals surface area contributed by atoms with Crippen molar-refractivity contribution in [3.05, 3.63) is 35.9 Å². The largest absolute Gasteiger partial charge is 0.347 e. The first-order valence-electron chi connectivity index (χ1n) is 8.73. The fraction of sp³-hybridized carbons (Fsp3) is 0.556. The summed E-state index contributed by atoms with van der Waals surface area (Å²) in [6.07, 6.45) is 1.48. The highest BCUT2D eigenvalue weighted by Crippen LogP contribution is 2.31. The number of nitrogens with zero attached hydrogens (tertiary/aromatic N) is 1. The van der Waals surface area contributed by atoms with Crippen molar-refractivity contribution in [2.24, 2.45) is 0 Å². The van der Waals surface area contributed by atoms with Crippen molar-refractivity contribution >= 4 is 11.9 Å². The summed E-state index contributed by atoms with van der Waals surface area (Å²) in [5.74, 6) is -0.755. The number of imide groups is 1. The Bertz CT molecular complexity index is 592. The van der Waals surface area contributed by atoms with E-state index in [9.17, 15) is 9.59 Å². The monoisotopic (exact) mass is 347 g/mol. The molecule has 0 aromatic heterocycles. The normalized spacial score (nSPS) is 21.0. The standard InChI is InChI=1S/C18H25N3O4/c1-14(21-9-7-18(8-10-21)24-11-12-25-18)16(22)20-17(23)19-13-15-5-3-2-4-6-15/h2-6,14H,7-13H2,1H3,(H2,19,20,22,23). The van der Waals surface area contributed by atoms with E-state index < -0.39 is 11.8 Å². The molecule has 1 aromatic carbocycles. The second-order valence-electron chi connectivity index (χ2n) is 6.48. The number of ether oxygens (including phenoxy) is 2. The van der Waals surface area contributed by atoms with Gasteiger partial charge in [-0.25, -0.2) is 4.79 Å². The molecule has 0 radical (unpaired) electrons. The maximum absolute atomic E-state index is 12.3. The summed E-state index contributed by atoms with van der Waals surface area (Å²) in [6, 6.07) is 8.71. The van der Waals surface area contributed by atoms with Gasteiger partial charge in [0.1, 0.15) is 0 Å². The zero-order chi connectivity index (χ0) is 17.7. The predicted octanol–water partition coefficient (Wildman–Crippen LogP) is 1.24. The van der Waals surface area contributed by atoms with Gasteiger partial charge in [0.25, 0.3) is 0 Å². The van der Waals surface area contributed by atoms with Crippen LogP contribution in [-0.2, 0) is 20.8 Å². The molecule has 2 aliphatic heterocycles. The molecule has 1 aromatic rings. The molecule has 7 heteroatoms. The Morgan fingerprint density at radius 1 is 1.16 bits per heavy atom. The molecule has 0 bridgehead atoms. The van der Waals surface area contributed by atoms with Crippen LogP contribution < -0.4 is 10.6 Å². The zero-order valence-electron chi connectivity index (χ0n) is 14.5. The Morgan fingerprint density at radius 3 is 2.44 bits per heavy atom. The highest BCUT2D eigenvalue weighted by atomic mass is 16.7. The first-order valence-corrected chi connectivity index (χ1v) is 8.73. The predicted molar refractivity (Wildman–Crippen MR) is 91.7 cm³/mol. The van der Waals surface area contributed by atoms with E-state index in [1.165, 1.54) is 0 Å². The summed E-state index contributed by atoms with van der Waals surface area (Å²) in [6.45, 7) is 4.89. The lowest BCUT2D eigenvalue weighted by molar-refractivity contribution is -0.188. The minimum absolute atomic E-state index is 0.297. The van der Waals surface area contributed by atoms with Gasteiger partial charge in [0.05, 0.1) is 19.3 Å². The SMILES string of the molecule is CC(C(=O)NC(=O)NCc1ccccc1)N1CCC2(CC1)OCCO2.